The van der Waals surface area contributed by atoms with E-state index in [-0.39, 0.29) is 11.8 Å². The molecule has 0 spiro atoms. The van der Waals surface area contributed by atoms with Crippen LogP contribution in [-0.2, 0) is 16.0 Å². The topological polar surface area (TPSA) is 90.1 Å². The lowest BCUT2D eigenvalue weighted by Crippen LogP contribution is -2.43. The Hall–Kier alpha value is -1.83. The van der Waals surface area contributed by atoms with E-state index in [0.29, 0.717) is 24.8 Å². The summed E-state index contributed by atoms with van der Waals surface area (Å²) in [6.45, 7) is 3.40. The third-order valence-electron chi connectivity index (χ3n) is 4.25. The molecule has 3 N–H and O–H groups in total. The fourth-order valence-corrected chi connectivity index (χ4v) is 3.51. The molecule has 0 saturated carbocycles. The molecule has 1 aliphatic rings. The van der Waals surface area contributed by atoms with Crippen LogP contribution < -0.4 is 11.1 Å². The molecule has 1 unspecified atom stereocenters. The maximum atomic E-state index is 12.3. The molecule has 1 fully saturated rings. The summed E-state index contributed by atoms with van der Waals surface area (Å²) < 4.78 is 5.31. The van der Waals surface area contributed by atoms with Crippen molar-refractivity contribution >= 4 is 22.4 Å². The van der Waals surface area contributed by atoms with Crippen LogP contribution in [0.25, 0.3) is 0 Å². The Balaban J connectivity index is 1.56. The standard InChI is InChI=1S/C17H22N4O2S/c1-11-2-4-12(5-3-11)10-14-20-21-17(24-14)19-16(22)15(18)13-6-8-23-9-7-13/h2-5,13,15H,6-10,18H2,1H3,(H,19,21,22). The van der Waals surface area contributed by atoms with Crippen molar-refractivity contribution < 1.29 is 9.53 Å². The predicted molar refractivity (Wildman–Crippen MR) is 94.0 cm³/mol. The van der Waals surface area contributed by atoms with Gasteiger partial charge in [0.05, 0.1) is 6.04 Å². The van der Waals surface area contributed by atoms with Gasteiger partial charge in [-0.25, -0.2) is 0 Å². The van der Waals surface area contributed by atoms with E-state index in [1.165, 1.54) is 22.5 Å². The molecule has 0 bridgehead atoms. The van der Waals surface area contributed by atoms with E-state index < -0.39 is 6.04 Å². The summed E-state index contributed by atoms with van der Waals surface area (Å²) in [5.74, 6) is -0.0290. The molecule has 7 heteroatoms. The van der Waals surface area contributed by atoms with E-state index in [4.69, 9.17) is 10.5 Å². The normalized spacial score (nSPS) is 16.8. The van der Waals surface area contributed by atoms with Crippen LogP contribution in [0.2, 0.25) is 0 Å². The van der Waals surface area contributed by atoms with Crippen molar-refractivity contribution in [2.45, 2.75) is 32.2 Å². The summed E-state index contributed by atoms with van der Waals surface area (Å²) in [5, 5.41) is 12.4. The summed E-state index contributed by atoms with van der Waals surface area (Å²) in [6.07, 6.45) is 2.35. The lowest BCUT2D eigenvalue weighted by molar-refractivity contribution is -0.119. The number of carbonyl (C=O) groups excluding carboxylic acids is 1. The second-order valence-corrected chi connectivity index (χ2v) is 7.19. The maximum Gasteiger partial charge on any atom is 0.243 e. The predicted octanol–water partition coefficient (Wildman–Crippen LogP) is 2.13. The first-order valence-electron chi connectivity index (χ1n) is 8.14. The molecule has 0 aliphatic carbocycles. The van der Waals surface area contributed by atoms with E-state index in [1.54, 1.807) is 0 Å². The van der Waals surface area contributed by atoms with Gasteiger partial charge in [0.15, 0.2) is 0 Å². The number of hydrogen-bond donors (Lipinski definition) is 2. The van der Waals surface area contributed by atoms with Gasteiger partial charge in [0, 0.05) is 19.6 Å². The van der Waals surface area contributed by atoms with Gasteiger partial charge in [-0.2, -0.15) is 0 Å². The van der Waals surface area contributed by atoms with Gasteiger partial charge in [-0.05, 0) is 31.2 Å². The fraction of sp³-hybridized carbons (Fsp3) is 0.471. The summed E-state index contributed by atoms with van der Waals surface area (Å²) in [7, 11) is 0. The Morgan fingerprint density at radius 2 is 2.04 bits per heavy atom. The number of anilines is 1. The number of nitrogens with two attached hydrogens (primary N) is 1. The van der Waals surface area contributed by atoms with Crippen LogP contribution >= 0.6 is 11.3 Å². The number of nitrogens with zero attached hydrogens (tertiary/aromatic N) is 2. The van der Waals surface area contributed by atoms with Gasteiger partial charge >= 0.3 is 0 Å². The van der Waals surface area contributed by atoms with Gasteiger partial charge in [0.25, 0.3) is 0 Å². The number of hydrogen-bond acceptors (Lipinski definition) is 6. The Morgan fingerprint density at radius 3 is 2.75 bits per heavy atom. The minimum atomic E-state index is -0.529. The zero-order chi connectivity index (χ0) is 16.9. The van der Waals surface area contributed by atoms with Gasteiger partial charge in [-0.15, -0.1) is 10.2 Å². The number of benzene rings is 1. The average Bonchev–Trinajstić information content (AvgIpc) is 3.04. The largest absolute Gasteiger partial charge is 0.381 e. The fourth-order valence-electron chi connectivity index (χ4n) is 2.73. The molecule has 24 heavy (non-hydrogen) atoms. The van der Waals surface area contributed by atoms with E-state index in [0.717, 1.165) is 17.8 Å². The highest BCUT2D eigenvalue weighted by atomic mass is 32.1. The lowest BCUT2D eigenvalue weighted by Gasteiger charge is -2.26. The van der Waals surface area contributed by atoms with Gasteiger partial charge < -0.3 is 10.5 Å². The van der Waals surface area contributed by atoms with Crippen molar-refractivity contribution in [2.24, 2.45) is 11.7 Å². The SMILES string of the molecule is Cc1ccc(Cc2nnc(NC(=O)C(N)C3CCOCC3)s2)cc1. The van der Waals surface area contributed by atoms with Gasteiger partial charge in [-0.1, -0.05) is 41.2 Å². The molecule has 1 aromatic carbocycles. The van der Waals surface area contributed by atoms with Crippen LogP contribution in [0.4, 0.5) is 5.13 Å². The molecule has 1 atom stereocenters. The van der Waals surface area contributed by atoms with E-state index in [1.807, 2.05) is 0 Å². The molecule has 6 nitrogen and oxygen atoms in total. The third-order valence-corrected chi connectivity index (χ3v) is 5.09. The molecule has 1 amide bonds. The van der Waals surface area contributed by atoms with Crippen LogP contribution in [0.1, 0.15) is 29.0 Å². The summed E-state index contributed by atoms with van der Waals surface area (Å²) >= 11 is 1.39. The smallest absolute Gasteiger partial charge is 0.243 e. The molecule has 0 radical (unpaired) electrons. The summed E-state index contributed by atoms with van der Waals surface area (Å²) in [4.78, 5) is 12.3. The van der Waals surface area contributed by atoms with Crippen molar-refractivity contribution in [3.05, 3.63) is 40.4 Å². The minimum absolute atomic E-state index is 0.165. The highest BCUT2D eigenvalue weighted by Gasteiger charge is 2.27. The van der Waals surface area contributed by atoms with Crippen molar-refractivity contribution in [1.29, 1.82) is 0 Å². The first kappa shape index (κ1) is 17.0. The molecule has 128 valence electrons. The number of aromatic nitrogens is 2. The van der Waals surface area contributed by atoms with Crippen molar-refractivity contribution in [1.82, 2.24) is 10.2 Å². The van der Waals surface area contributed by atoms with E-state index in [9.17, 15) is 4.79 Å². The Bertz CT molecular complexity index is 680. The average molecular weight is 346 g/mol. The lowest BCUT2D eigenvalue weighted by atomic mass is 9.92. The molecule has 1 aromatic heterocycles. The third kappa shape index (κ3) is 4.37. The molecule has 1 aliphatic heterocycles. The zero-order valence-corrected chi connectivity index (χ0v) is 14.5. The minimum Gasteiger partial charge on any atom is -0.381 e. The highest BCUT2D eigenvalue weighted by Crippen LogP contribution is 2.21. The summed E-state index contributed by atoms with van der Waals surface area (Å²) in [5.41, 5.74) is 8.48. The van der Waals surface area contributed by atoms with E-state index >= 15 is 0 Å². The van der Waals surface area contributed by atoms with Gasteiger partial charge in [0.2, 0.25) is 11.0 Å². The molecular formula is C17H22N4O2S. The Morgan fingerprint density at radius 1 is 1.33 bits per heavy atom. The molecule has 2 aromatic rings. The van der Waals surface area contributed by atoms with Crippen LogP contribution in [-0.4, -0.2) is 35.4 Å². The van der Waals surface area contributed by atoms with E-state index in [2.05, 4.69) is 46.7 Å². The Kier molecular flexibility index (Phi) is 5.55. The summed E-state index contributed by atoms with van der Waals surface area (Å²) in [6, 6.07) is 7.78. The Labute approximate surface area is 145 Å². The maximum absolute atomic E-state index is 12.3. The second kappa shape index (κ2) is 7.83. The number of nitrogens with one attached hydrogen (secondary N) is 1. The first-order chi connectivity index (χ1) is 11.6. The monoisotopic (exact) mass is 346 g/mol. The van der Waals surface area contributed by atoms with Crippen molar-refractivity contribution in [2.75, 3.05) is 18.5 Å². The van der Waals surface area contributed by atoms with Crippen LogP contribution in [0.15, 0.2) is 24.3 Å². The second-order valence-electron chi connectivity index (χ2n) is 6.13. The number of amides is 1. The van der Waals surface area contributed by atoms with Crippen LogP contribution in [0.5, 0.6) is 0 Å². The molecule has 3 rings (SSSR count). The number of ether oxygens (including phenoxy) is 1. The van der Waals surface area contributed by atoms with Crippen LogP contribution in [0, 0.1) is 12.8 Å². The zero-order valence-electron chi connectivity index (χ0n) is 13.7. The number of aryl methyl sites for hydroxylation is 1. The number of carbonyl (C=O) groups is 1. The first-order valence-corrected chi connectivity index (χ1v) is 8.95. The number of rotatable bonds is 5. The molecule has 2 heterocycles. The van der Waals surface area contributed by atoms with Gasteiger partial charge in [0.1, 0.15) is 5.01 Å². The van der Waals surface area contributed by atoms with Crippen LogP contribution in [0.3, 0.4) is 0 Å². The molecule has 1 saturated heterocycles. The van der Waals surface area contributed by atoms with Crippen molar-refractivity contribution in [3.63, 3.8) is 0 Å². The quantitative estimate of drug-likeness (QED) is 0.865. The van der Waals surface area contributed by atoms with Crippen molar-refractivity contribution in [3.8, 4) is 0 Å². The highest BCUT2D eigenvalue weighted by molar-refractivity contribution is 7.15. The molecular weight excluding hydrogens is 324 g/mol. The van der Waals surface area contributed by atoms with Gasteiger partial charge in [-0.3, -0.25) is 10.1 Å².